The number of carbonyl (C=O) groups is 1. The van der Waals surface area contributed by atoms with Gasteiger partial charge in [0.2, 0.25) is 0 Å². The van der Waals surface area contributed by atoms with Crippen molar-refractivity contribution < 1.29 is 9.53 Å². The van der Waals surface area contributed by atoms with Crippen molar-refractivity contribution in [2.75, 3.05) is 0 Å². The van der Waals surface area contributed by atoms with Crippen LogP contribution in [0.3, 0.4) is 0 Å². The maximum Gasteiger partial charge on any atom is 0.161 e. The van der Waals surface area contributed by atoms with E-state index in [4.69, 9.17) is 4.74 Å². The predicted molar refractivity (Wildman–Crippen MR) is 71.2 cm³/mol. The van der Waals surface area contributed by atoms with Crippen molar-refractivity contribution in [3.63, 3.8) is 0 Å². The molecule has 1 aliphatic rings. The predicted octanol–water partition coefficient (Wildman–Crippen LogP) is 4.26. The molecule has 2 heteroatoms. The van der Waals surface area contributed by atoms with Crippen LogP contribution in [0, 0.1) is 0 Å². The zero-order valence-electron chi connectivity index (χ0n) is 11.8. The molecule has 0 amide bonds. The van der Waals surface area contributed by atoms with E-state index in [1.54, 1.807) is 0 Å². The van der Waals surface area contributed by atoms with Gasteiger partial charge in [-0.05, 0) is 33.6 Å². The second-order valence-corrected chi connectivity index (χ2v) is 6.20. The maximum atomic E-state index is 12.1. The van der Waals surface area contributed by atoms with Gasteiger partial charge in [-0.2, -0.15) is 0 Å². The van der Waals surface area contributed by atoms with Crippen LogP contribution < -0.4 is 0 Å². The van der Waals surface area contributed by atoms with Crippen LogP contribution in [0.25, 0.3) is 0 Å². The van der Waals surface area contributed by atoms with Crippen LogP contribution >= 0.6 is 0 Å². The smallest absolute Gasteiger partial charge is 0.161 e. The Balaban J connectivity index is 2.51. The van der Waals surface area contributed by atoms with Crippen molar-refractivity contribution in [2.24, 2.45) is 0 Å². The van der Waals surface area contributed by atoms with Crippen LogP contribution in [0.2, 0.25) is 0 Å². The van der Waals surface area contributed by atoms with Crippen LogP contribution in [0.5, 0.6) is 0 Å². The lowest BCUT2D eigenvalue weighted by Gasteiger charge is -2.26. The van der Waals surface area contributed by atoms with Crippen molar-refractivity contribution in [2.45, 2.75) is 90.3 Å². The van der Waals surface area contributed by atoms with Gasteiger partial charge in [0, 0.05) is 6.42 Å². The Morgan fingerprint density at radius 2 is 1.47 bits per heavy atom. The Morgan fingerprint density at radius 3 is 2.06 bits per heavy atom. The van der Waals surface area contributed by atoms with Gasteiger partial charge in [-0.25, -0.2) is 0 Å². The topological polar surface area (TPSA) is 26.3 Å². The van der Waals surface area contributed by atoms with E-state index < -0.39 is 0 Å². The minimum Gasteiger partial charge on any atom is -0.365 e. The van der Waals surface area contributed by atoms with Gasteiger partial charge in [0.15, 0.2) is 5.78 Å². The molecule has 0 N–H and O–H groups in total. The molecule has 1 unspecified atom stereocenters. The van der Waals surface area contributed by atoms with E-state index in [-0.39, 0.29) is 11.7 Å². The Labute approximate surface area is 106 Å². The normalized spacial score (nSPS) is 25.4. The summed E-state index contributed by atoms with van der Waals surface area (Å²) in [5.74, 6) is 0.321. The highest BCUT2D eigenvalue weighted by Crippen LogP contribution is 2.20. The van der Waals surface area contributed by atoms with E-state index >= 15 is 0 Å². The second kappa shape index (κ2) is 7.15. The highest BCUT2D eigenvalue weighted by atomic mass is 16.5. The van der Waals surface area contributed by atoms with Crippen LogP contribution in [-0.2, 0) is 9.53 Å². The largest absolute Gasteiger partial charge is 0.365 e. The summed E-state index contributed by atoms with van der Waals surface area (Å²) in [7, 11) is 0. The molecule has 0 heterocycles. The summed E-state index contributed by atoms with van der Waals surface area (Å²) < 4.78 is 5.91. The molecule has 0 saturated heterocycles. The zero-order valence-corrected chi connectivity index (χ0v) is 11.8. The number of Topliss-reactive ketones (excluding diaryl/α,β-unsaturated/α-hetero) is 1. The van der Waals surface area contributed by atoms with Crippen LogP contribution in [-0.4, -0.2) is 17.5 Å². The first-order valence-corrected chi connectivity index (χ1v) is 7.19. The zero-order chi connectivity index (χ0) is 12.7. The molecule has 1 aliphatic carbocycles. The molecule has 0 aromatic heterocycles. The Hall–Kier alpha value is -0.370. The SMILES string of the molecule is CC(C)(C)OC1CCCCCCCCCC1=O. The number of ether oxygens (including phenoxy) is 1. The van der Waals surface area contributed by atoms with E-state index in [0.717, 1.165) is 19.3 Å². The van der Waals surface area contributed by atoms with E-state index in [2.05, 4.69) is 0 Å². The van der Waals surface area contributed by atoms with E-state index in [9.17, 15) is 4.79 Å². The molecular formula is C15H28O2. The lowest BCUT2D eigenvalue weighted by atomic mass is 10.0. The number of hydrogen-bond acceptors (Lipinski definition) is 2. The molecule has 1 fully saturated rings. The summed E-state index contributed by atoms with van der Waals surface area (Å²) in [5, 5.41) is 0. The molecule has 0 bridgehead atoms. The molecule has 17 heavy (non-hydrogen) atoms. The van der Waals surface area contributed by atoms with Gasteiger partial charge in [0.1, 0.15) is 6.10 Å². The monoisotopic (exact) mass is 240 g/mol. The summed E-state index contributed by atoms with van der Waals surface area (Å²) in [6, 6.07) is 0. The quantitative estimate of drug-likeness (QED) is 0.684. The summed E-state index contributed by atoms with van der Waals surface area (Å²) in [6.07, 6.45) is 10.0. The van der Waals surface area contributed by atoms with Crippen LogP contribution in [0.15, 0.2) is 0 Å². The Kier molecular flexibility index (Phi) is 6.18. The fraction of sp³-hybridized carbons (Fsp3) is 0.933. The van der Waals surface area contributed by atoms with Crippen LogP contribution in [0.1, 0.15) is 78.6 Å². The Morgan fingerprint density at radius 1 is 0.941 bits per heavy atom. The third-order valence-corrected chi connectivity index (χ3v) is 3.24. The van der Waals surface area contributed by atoms with Crippen LogP contribution in [0.4, 0.5) is 0 Å². The third kappa shape index (κ3) is 6.82. The van der Waals surface area contributed by atoms with Gasteiger partial charge in [0.05, 0.1) is 5.60 Å². The highest BCUT2D eigenvalue weighted by Gasteiger charge is 2.24. The van der Waals surface area contributed by atoms with Crippen molar-refractivity contribution in [3.8, 4) is 0 Å². The molecule has 0 radical (unpaired) electrons. The summed E-state index contributed by atoms with van der Waals surface area (Å²) >= 11 is 0. The molecule has 0 aliphatic heterocycles. The molecule has 2 nitrogen and oxygen atoms in total. The average molecular weight is 240 g/mol. The van der Waals surface area contributed by atoms with Gasteiger partial charge in [0.25, 0.3) is 0 Å². The number of rotatable bonds is 1. The third-order valence-electron chi connectivity index (χ3n) is 3.24. The summed E-state index contributed by atoms with van der Waals surface area (Å²) in [5.41, 5.74) is -0.208. The second-order valence-electron chi connectivity index (χ2n) is 6.20. The van der Waals surface area contributed by atoms with Gasteiger partial charge >= 0.3 is 0 Å². The number of carbonyl (C=O) groups excluding carboxylic acids is 1. The van der Waals surface area contributed by atoms with Crippen molar-refractivity contribution in [1.82, 2.24) is 0 Å². The first-order valence-electron chi connectivity index (χ1n) is 7.19. The molecule has 1 atom stereocenters. The molecule has 100 valence electrons. The number of hydrogen-bond donors (Lipinski definition) is 0. The van der Waals surface area contributed by atoms with Crippen molar-refractivity contribution >= 4 is 5.78 Å². The molecule has 0 spiro atoms. The lowest BCUT2D eigenvalue weighted by molar-refractivity contribution is -0.141. The van der Waals surface area contributed by atoms with Gasteiger partial charge < -0.3 is 4.74 Å². The standard InChI is InChI=1S/C15H28O2/c1-15(2,3)17-14-12-10-8-6-4-5-7-9-11-13(14)16/h14H,4-12H2,1-3H3. The summed E-state index contributed by atoms with van der Waals surface area (Å²) in [4.78, 5) is 12.1. The molecule has 1 saturated carbocycles. The van der Waals surface area contributed by atoms with E-state index in [1.807, 2.05) is 20.8 Å². The minimum absolute atomic E-state index is 0.159. The fourth-order valence-corrected chi connectivity index (χ4v) is 2.39. The minimum atomic E-state index is -0.208. The first kappa shape index (κ1) is 14.7. The van der Waals surface area contributed by atoms with Gasteiger partial charge in [-0.1, -0.05) is 38.5 Å². The van der Waals surface area contributed by atoms with E-state index in [1.165, 1.54) is 32.1 Å². The molecule has 0 aromatic carbocycles. The highest BCUT2D eigenvalue weighted by molar-refractivity contribution is 5.83. The van der Waals surface area contributed by atoms with Gasteiger partial charge in [-0.15, -0.1) is 0 Å². The van der Waals surface area contributed by atoms with E-state index in [0.29, 0.717) is 12.2 Å². The molecule has 1 rings (SSSR count). The molecule has 0 aromatic rings. The Bertz CT molecular complexity index is 228. The van der Waals surface area contributed by atoms with Crippen molar-refractivity contribution in [3.05, 3.63) is 0 Å². The first-order chi connectivity index (χ1) is 7.99. The molecular weight excluding hydrogens is 212 g/mol. The maximum absolute atomic E-state index is 12.1. The average Bonchev–Trinajstić information content (AvgIpc) is 2.25. The lowest BCUT2D eigenvalue weighted by Crippen LogP contribution is -2.33. The van der Waals surface area contributed by atoms with Crippen molar-refractivity contribution in [1.29, 1.82) is 0 Å². The van der Waals surface area contributed by atoms with Gasteiger partial charge in [-0.3, -0.25) is 4.79 Å². The fourth-order valence-electron chi connectivity index (χ4n) is 2.39. The summed E-state index contributed by atoms with van der Waals surface area (Å²) in [6.45, 7) is 6.10. The number of ketones is 1.